The molecule has 3 heterocycles. The Morgan fingerprint density at radius 3 is 2.58 bits per heavy atom. The van der Waals surface area contributed by atoms with Crippen LogP contribution in [0.2, 0.25) is 5.02 Å². The van der Waals surface area contributed by atoms with Crippen LogP contribution in [0.1, 0.15) is 36.9 Å². The normalized spacial score (nSPS) is 19.3. The highest BCUT2D eigenvalue weighted by Crippen LogP contribution is 2.54. The van der Waals surface area contributed by atoms with Crippen LogP contribution in [0.4, 0.5) is 14.6 Å². The maximum absolute atomic E-state index is 14.5. The summed E-state index contributed by atoms with van der Waals surface area (Å²) in [5.41, 5.74) is 6.18. The molecule has 2 aromatic rings. The van der Waals surface area contributed by atoms with Crippen molar-refractivity contribution in [2.75, 3.05) is 18.0 Å². The SMILES string of the molecule is NC(=O)CCC1CCN(c2nc(-c3cc(F)c(Cl)cc3F)nc3c2CS(O)(O)C3)CC1. The number of halogens is 3. The number of carbonyl (C=O) groups excluding carboxylic acids is 1. The van der Waals surface area contributed by atoms with Crippen molar-refractivity contribution in [2.45, 2.75) is 37.2 Å². The first-order valence-corrected chi connectivity index (χ1v) is 12.2. The summed E-state index contributed by atoms with van der Waals surface area (Å²) in [5, 5.41) is -0.338. The molecule has 0 spiro atoms. The van der Waals surface area contributed by atoms with Crippen molar-refractivity contribution in [3.05, 3.63) is 40.0 Å². The van der Waals surface area contributed by atoms with E-state index in [0.29, 0.717) is 42.5 Å². The minimum atomic E-state index is -2.89. The third-order valence-electron chi connectivity index (χ3n) is 5.78. The highest BCUT2D eigenvalue weighted by Gasteiger charge is 2.34. The summed E-state index contributed by atoms with van der Waals surface area (Å²) in [7, 11) is -2.89. The van der Waals surface area contributed by atoms with Crippen LogP contribution in [0.3, 0.4) is 0 Å². The van der Waals surface area contributed by atoms with Gasteiger partial charge < -0.3 is 10.6 Å². The molecule has 1 saturated heterocycles. The third kappa shape index (κ3) is 4.77. The van der Waals surface area contributed by atoms with E-state index in [0.717, 1.165) is 31.4 Å². The van der Waals surface area contributed by atoms with Gasteiger partial charge in [-0.05, 0) is 37.3 Å². The van der Waals surface area contributed by atoms with Crippen molar-refractivity contribution in [2.24, 2.45) is 11.7 Å². The van der Waals surface area contributed by atoms with Crippen LogP contribution in [0.25, 0.3) is 11.4 Å². The fourth-order valence-electron chi connectivity index (χ4n) is 4.14. The summed E-state index contributed by atoms with van der Waals surface area (Å²) in [4.78, 5) is 21.9. The average Bonchev–Trinajstić information content (AvgIpc) is 3.02. The topological polar surface area (TPSA) is 113 Å². The number of anilines is 1. The first kappa shape index (κ1) is 22.2. The predicted octanol–water partition coefficient (Wildman–Crippen LogP) is 4.32. The van der Waals surface area contributed by atoms with E-state index < -0.39 is 22.2 Å². The van der Waals surface area contributed by atoms with Gasteiger partial charge >= 0.3 is 0 Å². The monoisotopic (exact) mass is 472 g/mol. The molecule has 168 valence electrons. The maximum Gasteiger partial charge on any atom is 0.217 e. The van der Waals surface area contributed by atoms with Crippen LogP contribution in [0, 0.1) is 17.6 Å². The second kappa shape index (κ2) is 8.50. The van der Waals surface area contributed by atoms with E-state index in [4.69, 9.17) is 17.3 Å². The Hall–Kier alpha value is -2.01. The van der Waals surface area contributed by atoms with Gasteiger partial charge in [0.05, 0.1) is 27.8 Å². The molecular formula is C20H23ClF2N4O3S. The number of nitrogens with zero attached hydrogens (tertiary/aromatic N) is 3. The van der Waals surface area contributed by atoms with Gasteiger partial charge in [0.25, 0.3) is 0 Å². The second-order valence-corrected chi connectivity index (χ2v) is 10.7. The Morgan fingerprint density at radius 2 is 1.90 bits per heavy atom. The average molecular weight is 473 g/mol. The fraction of sp³-hybridized carbons (Fsp3) is 0.450. The standard InChI is InChI=1S/C20H23ClF2N4O3S/c21-14-8-15(22)12(7-16(14)23)19-25-17-10-31(29,30)9-13(17)20(26-19)27-5-3-11(4-6-27)1-2-18(24)28/h7-8,11,29-30H,1-6,9-10H2,(H2,24,28). The molecule has 0 unspecified atom stereocenters. The van der Waals surface area contributed by atoms with Crippen LogP contribution in [-0.4, -0.2) is 38.1 Å². The molecule has 2 aliphatic rings. The lowest BCUT2D eigenvalue weighted by Gasteiger charge is -2.34. The number of rotatable bonds is 5. The largest absolute Gasteiger partial charge is 0.370 e. The van der Waals surface area contributed by atoms with E-state index in [2.05, 4.69) is 9.97 Å². The summed E-state index contributed by atoms with van der Waals surface area (Å²) in [6, 6.07) is 1.83. The van der Waals surface area contributed by atoms with Gasteiger partial charge in [-0.25, -0.2) is 18.7 Å². The number of hydrogen-bond acceptors (Lipinski definition) is 6. The quantitative estimate of drug-likeness (QED) is 0.558. The van der Waals surface area contributed by atoms with Gasteiger partial charge in [0.2, 0.25) is 5.91 Å². The van der Waals surface area contributed by atoms with Crippen LogP contribution >= 0.6 is 22.2 Å². The number of hydrogen-bond donors (Lipinski definition) is 3. The maximum atomic E-state index is 14.5. The van der Waals surface area contributed by atoms with Gasteiger partial charge in [-0.2, -0.15) is 10.6 Å². The van der Waals surface area contributed by atoms with Gasteiger partial charge in [-0.1, -0.05) is 11.6 Å². The molecule has 4 rings (SSSR count). The molecule has 1 amide bonds. The van der Waals surface area contributed by atoms with E-state index >= 15 is 0 Å². The minimum Gasteiger partial charge on any atom is -0.370 e. The van der Waals surface area contributed by atoms with Gasteiger partial charge in [-0.3, -0.25) is 13.9 Å². The van der Waals surface area contributed by atoms with E-state index in [9.17, 15) is 22.7 Å². The number of benzene rings is 1. The van der Waals surface area contributed by atoms with Crippen molar-refractivity contribution in [1.29, 1.82) is 0 Å². The van der Waals surface area contributed by atoms with Gasteiger partial charge in [0.15, 0.2) is 5.82 Å². The van der Waals surface area contributed by atoms with Crippen molar-refractivity contribution in [3.63, 3.8) is 0 Å². The highest BCUT2D eigenvalue weighted by molar-refractivity contribution is 8.23. The Morgan fingerprint density at radius 1 is 1.19 bits per heavy atom. The lowest BCUT2D eigenvalue weighted by atomic mass is 9.92. The Bertz CT molecular complexity index is 1030. The van der Waals surface area contributed by atoms with E-state index in [1.807, 2.05) is 4.90 Å². The molecule has 4 N–H and O–H groups in total. The number of aromatic nitrogens is 2. The van der Waals surface area contributed by atoms with Crippen molar-refractivity contribution >= 4 is 33.9 Å². The van der Waals surface area contributed by atoms with Crippen molar-refractivity contribution in [3.8, 4) is 11.4 Å². The smallest absolute Gasteiger partial charge is 0.217 e. The number of piperidine rings is 1. The Balaban J connectivity index is 1.67. The van der Waals surface area contributed by atoms with Crippen molar-refractivity contribution in [1.82, 2.24) is 9.97 Å². The van der Waals surface area contributed by atoms with Crippen molar-refractivity contribution < 1.29 is 22.7 Å². The summed E-state index contributed by atoms with van der Waals surface area (Å²) in [6.07, 6.45) is 2.72. The molecule has 31 heavy (non-hydrogen) atoms. The van der Waals surface area contributed by atoms with Crippen LogP contribution < -0.4 is 10.6 Å². The number of fused-ring (bicyclic) bond motifs is 1. The van der Waals surface area contributed by atoms with Crippen LogP contribution in [0.15, 0.2) is 12.1 Å². The molecule has 7 nitrogen and oxygen atoms in total. The van der Waals surface area contributed by atoms with Gasteiger partial charge in [-0.15, -0.1) is 0 Å². The van der Waals surface area contributed by atoms with Gasteiger partial charge in [0.1, 0.15) is 17.5 Å². The fourth-order valence-corrected chi connectivity index (χ4v) is 5.83. The zero-order valence-corrected chi connectivity index (χ0v) is 18.2. The molecule has 1 aromatic heterocycles. The second-order valence-electron chi connectivity index (χ2n) is 8.07. The Labute approximate surface area is 185 Å². The summed E-state index contributed by atoms with van der Waals surface area (Å²) < 4.78 is 49.0. The molecule has 0 atom stereocenters. The highest BCUT2D eigenvalue weighted by atomic mass is 35.5. The number of amides is 1. The van der Waals surface area contributed by atoms with E-state index in [1.54, 1.807) is 0 Å². The van der Waals surface area contributed by atoms with Crippen LogP contribution in [-0.2, 0) is 16.3 Å². The lowest BCUT2D eigenvalue weighted by Crippen LogP contribution is -2.35. The van der Waals surface area contributed by atoms with E-state index in [-0.39, 0.29) is 33.8 Å². The molecule has 2 aliphatic heterocycles. The summed E-state index contributed by atoms with van der Waals surface area (Å²) in [5.74, 6) is -1.01. The molecule has 1 fully saturated rings. The molecule has 1 aromatic carbocycles. The lowest BCUT2D eigenvalue weighted by molar-refractivity contribution is -0.118. The zero-order valence-electron chi connectivity index (χ0n) is 16.7. The Kier molecular flexibility index (Phi) is 6.08. The third-order valence-corrected chi connectivity index (χ3v) is 7.55. The number of carbonyl (C=O) groups is 1. The molecule has 11 heteroatoms. The molecule has 0 radical (unpaired) electrons. The first-order chi connectivity index (χ1) is 14.6. The molecular weight excluding hydrogens is 450 g/mol. The summed E-state index contributed by atoms with van der Waals surface area (Å²) >= 11 is 5.66. The minimum absolute atomic E-state index is 0.0187. The molecule has 0 bridgehead atoms. The van der Waals surface area contributed by atoms with Gasteiger partial charge in [0, 0.05) is 25.1 Å². The summed E-state index contributed by atoms with van der Waals surface area (Å²) in [6.45, 7) is 1.28. The predicted molar refractivity (Wildman–Crippen MR) is 116 cm³/mol. The van der Waals surface area contributed by atoms with Crippen LogP contribution in [0.5, 0.6) is 0 Å². The van der Waals surface area contributed by atoms with E-state index in [1.165, 1.54) is 0 Å². The number of primary amides is 1. The first-order valence-electron chi connectivity index (χ1n) is 9.94. The number of nitrogens with two attached hydrogens (primary N) is 1. The zero-order chi connectivity index (χ0) is 22.3. The molecule has 0 saturated carbocycles. The molecule has 0 aliphatic carbocycles.